The van der Waals surface area contributed by atoms with Crippen LogP contribution in [0.25, 0.3) is 11.4 Å². The molecule has 0 atom stereocenters. The summed E-state index contributed by atoms with van der Waals surface area (Å²) in [4.78, 5) is 26.2. The number of anilines is 1. The third kappa shape index (κ3) is 4.66. The van der Waals surface area contributed by atoms with Crippen molar-refractivity contribution < 1.29 is 9.18 Å². The predicted molar refractivity (Wildman–Crippen MR) is 101 cm³/mol. The molecule has 7 nitrogen and oxygen atoms in total. The van der Waals surface area contributed by atoms with Crippen LogP contribution in [-0.4, -0.2) is 46.1 Å². The van der Waals surface area contributed by atoms with Crippen molar-refractivity contribution in [1.82, 2.24) is 24.8 Å². The van der Waals surface area contributed by atoms with Crippen molar-refractivity contribution in [3.63, 3.8) is 0 Å². The molecule has 1 aromatic carbocycles. The van der Waals surface area contributed by atoms with E-state index >= 15 is 0 Å². The van der Waals surface area contributed by atoms with Gasteiger partial charge in [-0.05, 0) is 18.6 Å². The summed E-state index contributed by atoms with van der Waals surface area (Å²) in [6.07, 6.45) is 7.30. The van der Waals surface area contributed by atoms with Gasteiger partial charge in [0.2, 0.25) is 0 Å². The Bertz CT molecular complexity index is 910. The Morgan fingerprint density at radius 2 is 2.19 bits per heavy atom. The van der Waals surface area contributed by atoms with Gasteiger partial charge in [0.25, 0.3) is 5.91 Å². The molecule has 140 valence electrons. The highest BCUT2D eigenvalue weighted by Gasteiger charge is 2.12. The van der Waals surface area contributed by atoms with Crippen molar-refractivity contribution in [2.75, 3.05) is 25.5 Å². The molecule has 0 aliphatic carbocycles. The van der Waals surface area contributed by atoms with Crippen LogP contribution < -0.4 is 10.2 Å². The molecule has 3 rings (SSSR count). The molecule has 0 bridgehead atoms. The van der Waals surface area contributed by atoms with Crippen molar-refractivity contribution in [2.24, 2.45) is 0 Å². The van der Waals surface area contributed by atoms with Crippen LogP contribution in [0.1, 0.15) is 16.8 Å². The number of nitrogens with one attached hydrogen (secondary N) is 1. The number of carbonyl (C=O) groups excluding carboxylic acids is 1. The lowest BCUT2D eigenvalue weighted by Crippen LogP contribution is -2.25. The Kier molecular flexibility index (Phi) is 5.75. The number of carbonyl (C=O) groups is 1. The summed E-state index contributed by atoms with van der Waals surface area (Å²) in [5.41, 5.74) is 1.17. The summed E-state index contributed by atoms with van der Waals surface area (Å²) in [5.74, 6) is -0.0859. The number of amides is 1. The van der Waals surface area contributed by atoms with Gasteiger partial charge in [-0.1, -0.05) is 12.1 Å². The van der Waals surface area contributed by atoms with E-state index in [1.807, 2.05) is 10.8 Å². The molecule has 0 spiro atoms. The number of halogens is 1. The second-order valence-electron chi connectivity index (χ2n) is 6.25. The maximum atomic E-state index is 13.8. The van der Waals surface area contributed by atoms with E-state index in [-0.39, 0.29) is 11.7 Å². The minimum atomic E-state index is -0.490. The van der Waals surface area contributed by atoms with E-state index in [2.05, 4.69) is 20.3 Å². The first-order valence-electron chi connectivity index (χ1n) is 8.59. The fraction of sp³-hybridized carbons (Fsp3) is 0.263. The standard InChI is InChI=1S/C19H21FN6O/c1-25(2)18-16(20)12-23-17(24-18)14-5-3-6-15(11-14)19(27)22-7-4-9-26-10-8-21-13-26/h3,5-6,8,10-13H,4,7,9H2,1-2H3,(H,22,27). The van der Waals surface area contributed by atoms with Gasteiger partial charge in [0.15, 0.2) is 17.5 Å². The Morgan fingerprint density at radius 3 is 2.93 bits per heavy atom. The van der Waals surface area contributed by atoms with Gasteiger partial charge in [0, 0.05) is 50.7 Å². The van der Waals surface area contributed by atoms with Crippen LogP contribution in [0.3, 0.4) is 0 Å². The molecule has 3 aromatic rings. The van der Waals surface area contributed by atoms with Crippen LogP contribution in [-0.2, 0) is 6.54 Å². The smallest absolute Gasteiger partial charge is 0.251 e. The number of aryl methyl sites for hydroxylation is 1. The van der Waals surface area contributed by atoms with E-state index in [0.717, 1.165) is 19.2 Å². The zero-order valence-electron chi connectivity index (χ0n) is 15.3. The van der Waals surface area contributed by atoms with Crippen LogP contribution in [0.2, 0.25) is 0 Å². The normalized spacial score (nSPS) is 10.6. The molecule has 0 saturated carbocycles. The van der Waals surface area contributed by atoms with Gasteiger partial charge in [-0.2, -0.15) is 0 Å². The number of aromatic nitrogens is 4. The van der Waals surface area contributed by atoms with Crippen LogP contribution in [0.15, 0.2) is 49.2 Å². The summed E-state index contributed by atoms with van der Waals surface area (Å²) < 4.78 is 15.7. The topological polar surface area (TPSA) is 75.9 Å². The SMILES string of the molecule is CN(C)c1nc(-c2cccc(C(=O)NCCCn3ccnc3)c2)ncc1F. The maximum absolute atomic E-state index is 13.8. The molecule has 0 aliphatic rings. The van der Waals surface area contributed by atoms with Gasteiger partial charge in [-0.15, -0.1) is 0 Å². The Morgan fingerprint density at radius 1 is 1.33 bits per heavy atom. The molecular weight excluding hydrogens is 347 g/mol. The number of nitrogens with zero attached hydrogens (tertiary/aromatic N) is 5. The fourth-order valence-corrected chi connectivity index (χ4v) is 2.59. The minimum Gasteiger partial charge on any atom is -0.360 e. The van der Waals surface area contributed by atoms with Crippen molar-refractivity contribution in [1.29, 1.82) is 0 Å². The third-order valence-corrected chi connectivity index (χ3v) is 3.97. The lowest BCUT2D eigenvalue weighted by atomic mass is 10.1. The number of imidazole rings is 1. The van der Waals surface area contributed by atoms with Crippen LogP contribution in [0, 0.1) is 5.82 Å². The van der Waals surface area contributed by atoms with Crippen molar-refractivity contribution in [3.05, 3.63) is 60.6 Å². The first-order chi connectivity index (χ1) is 13.0. The number of rotatable bonds is 7. The summed E-state index contributed by atoms with van der Waals surface area (Å²) in [6.45, 7) is 1.34. The lowest BCUT2D eigenvalue weighted by molar-refractivity contribution is 0.0953. The van der Waals surface area contributed by atoms with Gasteiger partial charge in [-0.25, -0.2) is 19.3 Å². The Labute approximate surface area is 156 Å². The van der Waals surface area contributed by atoms with E-state index in [9.17, 15) is 9.18 Å². The molecule has 0 fully saturated rings. The molecule has 27 heavy (non-hydrogen) atoms. The van der Waals surface area contributed by atoms with Gasteiger partial charge in [0.1, 0.15) is 0 Å². The molecule has 0 saturated heterocycles. The number of benzene rings is 1. The zero-order valence-corrected chi connectivity index (χ0v) is 15.3. The van der Waals surface area contributed by atoms with E-state index in [0.29, 0.717) is 23.5 Å². The van der Waals surface area contributed by atoms with Crippen molar-refractivity contribution in [3.8, 4) is 11.4 Å². The van der Waals surface area contributed by atoms with E-state index < -0.39 is 5.82 Å². The molecule has 8 heteroatoms. The van der Waals surface area contributed by atoms with Crippen molar-refractivity contribution in [2.45, 2.75) is 13.0 Å². The van der Waals surface area contributed by atoms with Crippen LogP contribution in [0.5, 0.6) is 0 Å². The molecule has 1 amide bonds. The summed E-state index contributed by atoms with van der Waals surface area (Å²) in [7, 11) is 3.42. The largest absolute Gasteiger partial charge is 0.360 e. The Hall–Kier alpha value is -3.29. The Balaban J connectivity index is 1.66. The van der Waals surface area contributed by atoms with Crippen LogP contribution in [0.4, 0.5) is 10.2 Å². The first-order valence-corrected chi connectivity index (χ1v) is 8.59. The number of hydrogen-bond acceptors (Lipinski definition) is 5. The van der Waals surface area contributed by atoms with E-state index in [4.69, 9.17) is 0 Å². The highest BCUT2D eigenvalue weighted by molar-refractivity contribution is 5.95. The first kappa shape index (κ1) is 18.5. The number of hydrogen-bond donors (Lipinski definition) is 1. The molecule has 0 aliphatic heterocycles. The van der Waals surface area contributed by atoms with E-state index in [1.165, 1.54) is 0 Å². The molecule has 0 radical (unpaired) electrons. The molecule has 2 heterocycles. The fourth-order valence-electron chi connectivity index (χ4n) is 2.59. The quantitative estimate of drug-likeness (QED) is 0.648. The molecule has 1 N–H and O–H groups in total. The maximum Gasteiger partial charge on any atom is 0.251 e. The van der Waals surface area contributed by atoms with Crippen molar-refractivity contribution >= 4 is 11.7 Å². The average molecular weight is 368 g/mol. The summed E-state index contributed by atoms with van der Waals surface area (Å²) in [5, 5.41) is 2.90. The van der Waals surface area contributed by atoms with Gasteiger partial charge < -0.3 is 14.8 Å². The minimum absolute atomic E-state index is 0.169. The van der Waals surface area contributed by atoms with Gasteiger partial charge in [-0.3, -0.25) is 4.79 Å². The summed E-state index contributed by atoms with van der Waals surface area (Å²) in [6, 6.07) is 6.99. The molecule has 0 unspecified atom stereocenters. The lowest BCUT2D eigenvalue weighted by Gasteiger charge is -2.13. The summed E-state index contributed by atoms with van der Waals surface area (Å²) >= 11 is 0. The highest BCUT2D eigenvalue weighted by Crippen LogP contribution is 2.21. The zero-order chi connectivity index (χ0) is 19.2. The third-order valence-electron chi connectivity index (χ3n) is 3.97. The monoisotopic (exact) mass is 368 g/mol. The molecule has 2 aromatic heterocycles. The van der Waals surface area contributed by atoms with Gasteiger partial charge in [0.05, 0.1) is 12.5 Å². The van der Waals surface area contributed by atoms with Crippen LogP contribution >= 0.6 is 0 Å². The second-order valence-corrected chi connectivity index (χ2v) is 6.25. The highest BCUT2D eigenvalue weighted by atomic mass is 19.1. The van der Waals surface area contributed by atoms with Gasteiger partial charge >= 0.3 is 0 Å². The molecular formula is C19H21FN6O. The second kappa shape index (κ2) is 8.39. The predicted octanol–water partition coefficient (Wildman–Crippen LogP) is 2.37. The average Bonchev–Trinajstić information content (AvgIpc) is 3.19. The van der Waals surface area contributed by atoms with E-state index in [1.54, 1.807) is 55.8 Å².